The molecule has 1 fully saturated rings. The van der Waals surface area contributed by atoms with Crippen LogP contribution in [0.3, 0.4) is 0 Å². The molecule has 0 atom stereocenters. The summed E-state index contributed by atoms with van der Waals surface area (Å²) in [5.74, 6) is 1.42. The predicted molar refractivity (Wildman–Crippen MR) is 98.4 cm³/mol. The Bertz CT molecular complexity index is 972. The monoisotopic (exact) mass is 365 g/mol. The zero-order valence-electron chi connectivity index (χ0n) is 15.0. The molecule has 0 bridgehead atoms. The molecule has 27 heavy (non-hydrogen) atoms. The number of aromatic nitrogens is 6. The lowest BCUT2D eigenvalue weighted by Crippen LogP contribution is -2.47. The van der Waals surface area contributed by atoms with E-state index in [4.69, 9.17) is 10.00 Å². The van der Waals surface area contributed by atoms with Crippen LogP contribution in [0.2, 0.25) is 0 Å². The first kappa shape index (κ1) is 17.1. The maximum absolute atomic E-state index is 9.01. The highest BCUT2D eigenvalue weighted by molar-refractivity contribution is 5.83. The molecule has 1 aliphatic rings. The van der Waals surface area contributed by atoms with Crippen LogP contribution in [0.4, 0.5) is 11.8 Å². The van der Waals surface area contributed by atoms with Gasteiger partial charge < -0.3 is 19.1 Å². The van der Waals surface area contributed by atoms with Crippen molar-refractivity contribution in [1.29, 1.82) is 5.26 Å². The summed E-state index contributed by atoms with van der Waals surface area (Å²) in [5, 5.41) is 9.01. The van der Waals surface area contributed by atoms with Crippen molar-refractivity contribution in [2.24, 2.45) is 0 Å². The molecular weight excluding hydrogens is 346 g/mol. The highest BCUT2D eigenvalue weighted by Gasteiger charge is 2.23. The lowest BCUT2D eigenvalue weighted by Gasteiger charge is -2.35. The quantitative estimate of drug-likeness (QED) is 0.637. The third-order valence-electron chi connectivity index (χ3n) is 4.54. The van der Waals surface area contributed by atoms with Crippen LogP contribution in [0.5, 0.6) is 0 Å². The van der Waals surface area contributed by atoms with Gasteiger partial charge in [0.25, 0.3) is 0 Å². The van der Waals surface area contributed by atoms with Gasteiger partial charge in [-0.15, -0.1) is 0 Å². The van der Waals surface area contributed by atoms with Gasteiger partial charge in [-0.25, -0.2) is 24.9 Å². The van der Waals surface area contributed by atoms with E-state index in [9.17, 15) is 0 Å². The number of rotatable bonds is 5. The van der Waals surface area contributed by atoms with Gasteiger partial charge in [-0.3, -0.25) is 0 Å². The summed E-state index contributed by atoms with van der Waals surface area (Å²) in [6.45, 7) is 4.30. The van der Waals surface area contributed by atoms with E-state index in [0.717, 1.165) is 43.2 Å². The number of piperazine rings is 1. The van der Waals surface area contributed by atoms with E-state index in [1.54, 1.807) is 32.0 Å². The first-order chi connectivity index (χ1) is 13.3. The van der Waals surface area contributed by atoms with Gasteiger partial charge in [0.2, 0.25) is 5.95 Å². The van der Waals surface area contributed by atoms with Gasteiger partial charge in [-0.05, 0) is 6.07 Å². The first-order valence-corrected chi connectivity index (χ1v) is 8.68. The molecule has 4 rings (SSSR count). The van der Waals surface area contributed by atoms with E-state index in [0.29, 0.717) is 24.8 Å². The Hall–Kier alpha value is -3.32. The minimum Gasteiger partial charge on any atom is -0.383 e. The fraction of sp³-hybridized carbons (Fsp3) is 0.412. The second-order valence-electron chi connectivity index (χ2n) is 6.13. The topological polar surface area (TPSA) is 109 Å². The van der Waals surface area contributed by atoms with Crippen LogP contribution in [-0.4, -0.2) is 69.4 Å². The molecule has 1 saturated heterocycles. The number of imidazole rings is 1. The number of ether oxygens (including phenoxy) is 1. The zero-order chi connectivity index (χ0) is 18.6. The molecule has 4 heterocycles. The van der Waals surface area contributed by atoms with Crippen molar-refractivity contribution in [3.05, 3.63) is 30.6 Å². The van der Waals surface area contributed by atoms with Crippen molar-refractivity contribution in [3.8, 4) is 6.07 Å². The highest BCUT2D eigenvalue weighted by Crippen LogP contribution is 2.23. The van der Waals surface area contributed by atoms with E-state index >= 15 is 0 Å². The van der Waals surface area contributed by atoms with Crippen molar-refractivity contribution in [1.82, 2.24) is 29.5 Å². The number of fused-ring (bicyclic) bond motifs is 1. The molecule has 0 saturated carbocycles. The minimum atomic E-state index is 0.376. The summed E-state index contributed by atoms with van der Waals surface area (Å²) >= 11 is 0. The van der Waals surface area contributed by atoms with Gasteiger partial charge in [0, 0.05) is 46.0 Å². The van der Waals surface area contributed by atoms with Crippen molar-refractivity contribution < 1.29 is 4.74 Å². The molecule has 10 nitrogen and oxygen atoms in total. The van der Waals surface area contributed by atoms with E-state index in [2.05, 4.69) is 40.8 Å². The van der Waals surface area contributed by atoms with E-state index in [1.165, 1.54) is 0 Å². The van der Waals surface area contributed by atoms with Crippen LogP contribution in [0.15, 0.2) is 24.9 Å². The average Bonchev–Trinajstić information content (AvgIpc) is 3.15. The second kappa shape index (κ2) is 7.51. The number of methoxy groups -OCH3 is 1. The summed E-state index contributed by atoms with van der Waals surface area (Å²) in [6, 6.07) is 3.66. The number of nitriles is 1. The Balaban J connectivity index is 1.51. The normalized spacial score (nSPS) is 14.5. The molecule has 0 unspecified atom stereocenters. The first-order valence-electron chi connectivity index (χ1n) is 8.68. The molecule has 1 aliphatic heterocycles. The van der Waals surface area contributed by atoms with Gasteiger partial charge in [-0.1, -0.05) is 0 Å². The molecule has 0 radical (unpaired) electrons. The minimum absolute atomic E-state index is 0.376. The fourth-order valence-corrected chi connectivity index (χ4v) is 3.13. The van der Waals surface area contributed by atoms with Crippen molar-refractivity contribution in [2.45, 2.75) is 6.54 Å². The molecular formula is C17H19N9O. The van der Waals surface area contributed by atoms with Crippen LogP contribution in [0.1, 0.15) is 5.69 Å². The van der Waals surface area contributed by atoms with E-state index in [1.807, 2.05) is 4.57 Å². The van der Waals surface area contributed by atoms with Crippen LogP contribution in [0.25, 0.3) is 11.2 Å². The molecule has 0 amide bonds. The Morgan fingerprint density at radius 1 is 1.11 bits per heavy atom. The average molecular weight is 365 g/mol. The van der Waals surface area contributed by atoms with Crippen LogP contribution >= 0.6 is 0 Å². The van der Waals surface area contributed by atoms with Crippen LogP contribution in [0, 0.1) is 11.3 Å². The van der Waals surface area contributed by atoms with Gasteiger partial charge in [0.05, 0.1) is 12.9 Å². The summed E-state index contributed by atoms with van der Waals surface area (Å²) in [4.78, 5) is 26.2. The molecule has 0 spiro atoms. The van der Waals surface area contributed by atoms with Gasteiger partial charge in [0.15, 0.2) is 17.0 Å². The third kappa shape index (κ3) is 3.37. The highest BCUT2D eigenvalue weighted by atomic mass is 16.5. The maximum atomic E-state index is 9.01. The number of hydrogen-bond acceptors (Lipinski definition) is 9. The van der Waals surface area contributed by atoms with Crippen molar-refractivity contribution in [2.75, 3.05) is 49.7 Å². The summed E-state index contributed by atoms with van der Waals surface area (Å²) in [5.41, 5.74) is 1.98. The third-order valence-corrected chi connectivity index (χ3v) is 4.54. The Morgan fingerprint density at radius 3 is 2.70 bits per heavy atom. The van der Waals surface area contributed by atoms with Crippen LogP contribution < -0.4 is 9.80 Å². The van der Waals surface area contributed by atoms with Crippen molar-refractivity contribution in [3.63, 3.8) is 0 Å². The number of nitrogens with zero attached hydrogens (tertiary/aromatic N) is 9. The van der Waals surface area contributed by atoms with Gasteiger partial charge in [0.1, 0.15) is 18.1 Å². The molecule has 3 aromatic heterocycles. The van der Waals surface area contributed by atoms with E-state index in [-0.39, 0.29) is 0 Å². The molecule has 0 N–H and O–H groups in total. The summed E-state index contributed by atoms with van der Waals surface area (Å²) < 4.78 is 7.11. The SMILES string of the molecule is COCCn1cnc2c(N3CCN(c4nccc(C#N)n4)CC3)ncnc21. The van der Waals surface area contributed by atoms with Crippen LogP contribution in [-0.2, 0) is 11.3 Å². The summed E-state index contributed by atoms with van der Waals surface area (Å²) in [6.07, 6.45) is 4.97. The maximum Gasteiger partial charge on any atom is 0.226 e. The lowest BCUT2D eigenvalue weighted by molar-refractivity contribution is 0.188. The summed E-state index contributed by atoms with van der Waals surface area (Å²) in [7, 11) is 1.68. The molecule has 0 aromatic carbocycles. The number of anilines is 2. The smallest absolute Gasteiger partial charge is 0.226 e. The molecule has 10 heteroatoms. The van der Waals surface area contributed by atoms with Crippen molar-refractivity contribution >= 4 is 22.9 Å². The van der Waals surface area contributed by atoms with Gasteiger partial charge >= 0.3 is 0 Å². The predicted octanol–water partition coefficient (Wildman–Crippen LogP) is 0.461. The number of hydrogen-bond donors (Lipinski definition) is 0. The standard InChI is InChI=1S/C17H19N9O/c1-27-9-8-26-12-22-14-15(20-11-21-16(14)26)24-4-6-25(7-5-24)17-19-3-2-13(10-18)23-17/h2-3,11-12H,4-9H2,1H3. The second-order valence-corrected chi connectivity index (χ2v) is 6.13. The molecule has 3 aromatic rings. The van der Waals surface area contributed by atoms with E-state index < -0.39 is 0 Å². The molecule has 138 valence electrons. The molecule has 0 aliphatic carbocycles. The zero-order valence-corrected chi connectivity index (χ0v) is 15.0. The largest absolute Gasteiger partial charge is 0.383 e. The lowest BCUT2D eigenvalue weighted by atomic mass is 10.3. The Labute approximate surface area is 156 Å². The fourth-order valence-electron chi connectivity index (χ4n) is 3.13. The Kier molecular flexibility index (Phi) is 4.76. The van der Waals surface area contributed by atoms with Gasteiger partial charge in [-0.2, -0.15) is 5.26 Å². The Morgan fingerprint density at radius 2 is 1.93 bits per heavy atom.